The monoisotopic (exact) mass is 607 g/mol. The molecule has 1 fully saturated rings. The number of anilines is 1. The number of hydrogen-bond acceptors (Lipinski definition) is 5. The largest absolute Gasteiger partial charge is 0.493 e. The molecule has 1 heterocycles. The molecule has 3 aromatic carbocycles. The highest BCUT2D eigenvalue weighted by atomic mass is 127. The number of thioether (sulfide) groups is 1. The number of nitrogens with zero attached hydrogens (tertiary/aromatic N) is 1. The fourth-order valence-electron chi connectivity index (χ4n) is 3.26. The minimum absolute atomic E-state index is 0.137. The minimum Gasteiger partial charge on any atom is -0.493 e. The van der Waals surface area contributed by atoms with Crippen molar-refractivity contribution in [3.05, 3.63) is 90.9 Å². The van der Waals surface area contributed by atoms with Crippen LogP contribution < -0.4 is 14.4 Å². The molecule has 0 radical (unpaired) electrons. The molecule has 4 rings (SSSR count). The number of aryl methyl sites for hydroxylation is 1. The molecule has 4 nitrogen and oxygen atoms in total. The molecule has 0 unspecified atom stereocenters. The third-order valence-electron chi connectivity index (χ3n) is 4.97. The molecule has 1 aliphatic heterocycles. The maximum absolute atomic E-state index is 13.1. The van der Waals surface area contributed by atoms with Crippen LogP contribution in [0.2, 0.25) is 5.02 Å². The maximum Gasteiger partial charge on any atom is 0.270 e. The highest BCUT2D eigenvalue weighted by molar-refractivity contribution is 14.1. The standard InChI is InChI=1S/C25H19ClINO3S2/c1-15-7-9-18(10-8-15)28-24(29)22(33-25(28)32)13-16-11-20(27)23(21(12-16)30-2)31-14-17-5-3-4-6-19(17)26/h3-13H,14H2,1-2H3/b22-13-. The Balaban J connectivity index is 1.58. The van der Waals surface area contributed by atoms with Gasteiger partial charge < -0.3 is 9.47 Å². The van der Waals surface area contributed by atoms with Gasteiger partial charge in [0.1, 0.15) is 6.61 Å². The van der Waals surface area contributed by atoms with Gasteiger partial charge in [-0.1, -0.05) is 71.5 Å². The van der Waals surface area contributed by atoms with Crippen LogP contribution in [-0.2, 0) is 11.4 Å². The number of hydrogen-bond donors (Lipinski definition) is 0. The van der Waals surface area contributed by atoms with E-state index in [1.54, 1.807) is 12.0 Å². The summed E-state index contributed by atoms with van der Waals surface area (Å²) in [6, 6.07) is 19.1. The first-order valence-electron chi connectivity index (χ1n) is 9.95. The first-order chi connectivity index (χ1) is 15.9. The summed E-state index contributed by atoms with van der Waals surface area (Å²) >= 11 is 15.2. The summed E-state index contributed by atoms with van der Waals surface area (Å²) in [6.45, 7) is 2.32. The van der Waals surface area contributed by atoms with Crippen LogP contribution in [0.3, 0.4) is 0 Å². The van der Waals surface area contributed by atoms with Gasteiger partial charge in [0.15, 0.2) is 15.8 Å². The van der Waals surface area contributed by atoms with E-state index in [9.17, 15) is 4.79 Å². The zero-order chi connectivity index (χ0) is 23.5. The van der Waals surface area contributed by atoms with Crippen molar-refractivity contribution in [2.24, 2.45) is 0 Å². The van der Waals surface area contributed by atoms with E-state index in [1.165, 1.54) is 11.8 Å². The zero-order valence-corrected chi connectivity index (χ0v) is 22.3. The number of carbonyl (C=O) groups excluding carboxylic acids is 1. The fraction of sp³-hybridized carbons (Fsp3) is 0.120. The van der Waals surface area contributed by atoms with Crippen molar-refractivity contribution in [3.8, 4) is 11.5 Å². The van der Waals surface area contributed by atoms with Gasteiger partial charge in [-0.25, -0.2) is 0 Å². The summed E-state index contributed by atoms with van der Waals surface area (Å²) in [6.07, 6.45) is 1.83. The molecule has 33 heavy (non-hydrogen) atoms. The van der Waals surface area contributed by atoms with E-state index >= 15 is 0 Å². The van der Waals surface area contributed by atoms with Gasteiger partial charge in [0.2, 0.25) is 0 Å². The van der Waals surface area contributed by atoms with Crippen molar-refractivity contribution in [1.82, 2.24) is 0 Å². The topological polar surface area (TPSA) is 38.8 Å². The quantitative estimate of drug-likeness (QED) is 0.168. The van der Waals surface area contributed by atoms with Gasteiger partial charge in [0.25, 0.3) is 5.91 Å². The van der Waals surface area contributed by atoms with Crippen LogP contribution in [0.25, 0.3) is 6.08 Å². The molecule has 0 saturated carbocycles. The minimum atomic E-state index is -0.137. The van der Waals surface area contributed by atoms with Crippen molar-refractivity contribution >= 4 is 80.2 Å². The van der Waals surface area contributed by atoms with E-state index < -0.39 is 0 Å². The van der Waals surface area contributed by atoms with Gasteiger partial charge >= 0.3 is 0 Å². The number of ether oxygens (including phenoxy) is 2. The Bertz CT molecular complexity index is 1260. The van der Waals surface area contributed by atoms with Crippen LogP contribution >= 0.6 is 58.2 Å². The Hall–Kier alpha value is -2.07. The van der Waals surface area contributed by atoms with Crippen LogP contribution in [0.5, 0.6) is 11.5 Å². The van der Waals surface area contributed by atoms with Crippen molar-refractivity contribution in [3.63, 3.8) is 0 Å². The van der Waals surface area contributed by atoms with Crippen molar-refractivity contribution in [2.75, 3.05) is 12.0 Å². The van der Waals surface area contributed by atoms with Gasteiger partial charge in [0, 0.05) is 10.6 Å². The van der Waals surface area contributed by atoms with Crippen molar-refractivity contribution in [1.29, 1.82) is 0 Å². The number of rotatable bonds is 6. The number of carbonyl (C=O) groups is 1. The number of amides is 1. The van der Waals surface area contributed by atoms with Gasteiger partial charge in [-0.3, -0.25) is 9.69 Å². The second-order valence-corrected chi connectivity index (χ2v) is 10.5. The molecule has 1 aliphatic rings. The molecule has 0 atom stereocenters. The highest BCUT2D eigenvalue weighted by Gasteiger charge is 2.33. The van der Waals surface area contributed by atoms with E-state index in [0.29, 0.717) is 32.4 Å². The lowest BCUT2D eigenvalue weighted by molar-refractivity contribution is -0.113. The van der Waals surface area contributed by atoms with E-state index in [0.717, 1.165) is 25.9 Å². The molecular weight excluding hydrogens is 589 g/mol. The van der Waals surface area contributed by atoms with E-state index in [-0.39, 0.29) is 5.91 Å². The van der Waals surface area contributed by atoms with Crippen LogP contribution in [0, 0.1) is 10.5 Å². The van der Waals surface area contributed by atoms with Crippen LogP contribution in [0.15, 0.2) is 65.6 Å². The van der Waals surface area contributed by atoms with Crippen LogP contribution in [0.1, 0.15) is 16.7 Å². The summed E-state index contributed by atoms with van der Waals surface area (Å²) in [5, 5.41) is 0.652. The summed E-state index contributed by atoms with van der Waals surface area (Å²) in [4.78, 5) is 15.2. The van der Waals surface area contributed by atoms with Crippen LogP contribution in [0.4, 0.5) is 5.69 Å². The molecule has 1 amide bonds. The molecular formula is C25H19ClINO3S2. The predicted octanol–water partition coefficient (Wildman–Crippen LogP) is 7.25. The van der Waals surface area contributed by atoms with Gasteiger partial charge in [-0.05, 0) is 71.5 Å². The summed E-state index contributed by atoms with van der Waals surface area (Å²) in [7, 11) is 1.59. The lowest BCUT2D eigenvalue weighted by atomic mass is 10.1. The molecule has 168 valence electrons. The first-order valence-corrected chi connectivity index (χ1v) is 12.6. The zero-order valence-electron chi connectivity index (χ0n) is 17.8. The molecule has 3 aromatic rings. The molecule has 0 spiro atoms. The lowest BCUT2D eigenvalue weighted by Crippen LogP contribution is -2.27. The number of methoxy groups -OCH3 is 1. The average molecular weight is 608 g/mol. The Morgan fingerprint density at radius 2 is 1.88 bits per heavy atom. The fourth-order valence-corrected chi connectivity index (χ4v) is 5.53. The average Bonchev–Trinajstić information content (AvgIpc) is 3.07. The molecule has 1 saturated heterocycles. The van der Waals surface area contributed by atoms with E-state index in [4.69, 9.17) is 33.3 Å². The van der Waals surface area contributed by atoms with Gasteiger partial charge in [-0.15, -0.1) is 0 Å². The van der Waals surface area contributed by atoms with Gasteiger partial charge in [0.05, 0.1) is 21.3 Å². The molecule has 0 bridgehead atoms. The SMILES string of the molecule is COc1cc(/C=C2\SC(=S)N(c3ccc(C)cc3)C2=O)cc(I)c1OCc1ccccc1Cl. The predicted molar refractivity (Wildman–Crippen MR) is 148 cm³/mol. The van der Waals surface area contributed by atoms with Crippen LogP contribution in [-0.4, -0.2) is 17.3 Å². The molecule has 0 aromatic heterocycles. The second-order valence-electron chi connectivity index (χ2n) is 7.27. The van der Waals surface area contributed by atoms with Crippen molar-refractivity contribution in [2.45, 2.75) is 13.5 Å². The Kier molecular flexibility index (Phi) is 7.63. The normalized spacial score (nSPS) is 14.8. The number of thiocarbonyl (C=S) groups is 1. The summed E-state index contributed by atoms with van der Waals surface area (Å²) in [5.41, 5.74) is 3.60. The van der Waals surface area contributed by atoms with Gasteiger partial charge in [-0.2, -0.15) is 0 Å². The molecule has 8 heteroatoms. The maximum atomic E-state index is 13.1. The van der Waals surface area contributed by atoms with E-state index in [2.05, 4.69) is 22.6 Å². The molecule has 0 N–H and O–H groups in total. The smallest absolute Gasteiger partial charge is 0.270 e. The first kappa shape index (κ1) is 24.1. The Labute approximate surface area is 221 Å². The summed E-state index contributed by atoms with van der Waals surface area (Å²) in [5.74, 6) is 1.07. The second kappa shape index (κ2) is 10.5. The number of benzene rings is 3. The third-order valence-corrected chi connectivity index (χ3v) is 7.44. The summed E-state index contributed by atoms with van der Waals surface area (Å²) < 4.78 is 13.0. The third kappa shape index (κ3) is 5.37. The van der Waals surface area contributed by atoms with Crippen molar-refractivity contribution < 1.29 is 14.3 Å². The Morgan fingerprint density at radius 1 is 1.15 bits per heavy atom. The lowest BCUT2D eigenvalue weighted by Gasteiger charge is -2.15. The molecule has 0 aliphatic carbocycles. The number of halogens is 2. The van der Waals surface area contributed by atoms with E-state index in [1.807, 2.05) is 73.7 Å². The highest BCUT2D eigenvalue weighted by Crippen LogP contribution is 2.39. The Morgan fingerprint density at radius 3 is 2.58 bits per heavy atom.